The number of carbonyl (C=O) groups excluding carboxylic acids is 1. The van der Waals surface area contributed by atoms with E-state index >= 15 is 0 Å². The van der Waals surface area contributed by atoms with Crippen molar-refractivity contribution >= 4 is 5.91 Å². The first-order valence-electron chi connectivity index (χ1n) is 6.13. The lowest BCUT2D eigenvalue weighted by atomic mass is 9.96. The van der Waals surface area contributed by atoms with Gasteiger partial charge in [0.25, 0.3) is 0 Å². The lowest BCUT2D eigenvalue weighted by Crippen LogP contribution is -2.49. The molecule has 17 heavy (non-hydrogen) atoms. The minimum absolute atomic E-state index is 0.439. The SMILES string of the molecule is COCCN(CCCC(C)(N)C(N)=O)C(C)C. The van der Waals surface area contributed by atoms with Gasteiger partial charge < -0.3 is 16.2 Å². The van der Waals surface area contributed by atoms with Crippen LogP contribution in [0.1, 0.15) is 33.6 Å². The van der Waals surface area contributed by atoms with Crippen molar-refractivity contribution < 1.29 is 9.53 Å². The van der Waals surface area contributed by atoms with E-state index in [1.54, 1.807) is 14.0 Å². The van der Waals surface area contributed by atoms with Crippen LogP contribution in [0.5, 0.6) is 0 Å². The number of nitrogens with zero attached hydrogens (tertiary/aromatic N) is 1. The molecular weight excluding hydrogens is 218 g/mol. The Morgan fingerprint density at radius 1 is 1.41 bits per heavy atom. The number of amides is 1. The summed E-state index contributed by atoms with van der Waals surface area (Å²) in [6.45, 7) is 8.49. The summed E-state index contributed by atoms with van der Waals surface area (Å²) in [5.74, 6) is -0.439. The molecule has 0 aromatic rings. The summed E-state index contributed by atoms with van der Waals surface area (Å²) in [6.07, 6.45) is 1.47. The van der Waals surface area contributed by atoms with Crippen molar-refractivity contribution in [1.82, 2.24) is 4.90 Å². The molecule has 0 bridgehead atoms. The van der Waals surface area contributed by atoms with Crippen LogP contribution in [0, 0.1) is 0 Å². The lowest BCUT2D eigenvalue weighted by molar-refractivity contribution is -0.122. The molecule has 5 heteroatoms. The Morgan fingerprint density at radius 3 is 2.41 bits per heavy atom. The quantitative estimate of drug-likeness (QED) is 0.613. The predicted molar refractivity (Wildman–Crippen MR) is 69.6 cm³/mol. The van der Waals surface area contributed by atoms with Crippen molar-refractivity contribution in [3.05, 3.63) is 0 Å². The van der Waals surface area contributed by atoms with Crippen LogP contribution in [0.4, 0.5) is 0 Å². The Morgan fingerprint density at radius 2 is 2.00 bits per heavy atom. The van der Waals surface area contributed by atoms with Gasteiger partial charge in [0.15, 0.2) is 0 Å². The average molecular weight is 245 g/mol. The minimum Gasteiger partial charge on any atom is -0.383 e. The van der Waals surface area contributed by atoms with Gasteiger partial charge in [0, 0.05) is 19.7 Å². The van der Waals surface area contributed by atoms with Crippen molar-refractivity contribution in [2.24, 2.45) is 11.5 Å². The highest BCUT2D eigenvalue weighted by atomic mass is 16.5. The van der Waals surface area contributed by atoms with Crippen LogP contribution in [0.25, 0.3) is 0 Å². The van der Waals surface area contributed by atoms with E-state index in [0.29, 0.717) is 19.1 Å². The topological polar surface area (TPSA) is 81.6 Å². The maximum absolute atomic E-state index is 11.1. The van der Waals surface area contributed by atoms with Crippen LogP contribution in [-0.2, 0) is 9.53 Å². The van der Waals surface area contributed by atoms with Gasteiger partial charge in [0.1, 0.15) is 0 Å². The van der Waals surface area contributed by atoms with Gasteiger partial charge in [-0.2, -0.15) is 0 Å². The second-order valence-electron chi connectivity index (χ2n) is 5.01. The Labute approximate surface area is 104 Å². The third-order valence-corrected chi connectivity index (χ3v) is 3.02. The highest BCUT2D eigenvalue weighted by molar-refractivity contribution is 5.83. The molecule has 0 heterocycles. The molecule has 0 rings (SSSR count). The standard InChI is InChI=1S/C12H27N3O2/c1-10(2)15(8-9-17-4)7-5-6-12(3,14)11(13)16/h10H,5-9,14H2,1-4H3,(H2,13,16). The highest BCUT2D eigenvalue weighted by Gasteiger charge is 2.25. The molecule has 0 fully saturated rings. The number of hydrogen-bond acceptors (Lipinski definition) is 4. The first kappa shape index (κ1) is 16.4. The lowest BCUT2D eigenvalue weighted by Gasteiger charge is -2.28. The van der Waals surface area contributed by atoms with Crippen LogP contribution in [0.15, 0.2) is 0 Å². The molecule has 0 spiro atoms. The van der Waals surface area contributed by atoms with Crippen molar-refractivity contribution in [3.8, 4) is 0 Å². The first-order chi connectivity index (χ1) is 7.81. The summed E-state index contributed by atoms with van der Waals surface area (Å²) in [7, 11) is 1.70. The number of rotatable bonds is 9. The summed E-state index contributed by atoms with van der Waals surface area (Å²) < 4.78 is 5.07. The molecule has 0 saturated carbocycles. The molecule has 5 nitrogen and oxygen atoms in total. The number of methoxy groups -OCH3 is 1. The van der Waals surface area contributed by atoms with Gasteiger partial charge in [-0.3, -0.25) is 9.69 Å². The molecule has 0 aliphatic heterocycles. The van der Waals surface area contributed by atoms with Crippen molar-refractivity contribution in [3.63, 3.8) is 0 Å². The number of nitrogens with two attached hydrogens (primary N) is 2. The van der Waals surface area contributed by atoms with Gasteiger partial charge in [-0.25, -0.2) is 0 Å². The largest absolute Gasteiger partial charge is 0.383 e. The smallest absolute Gasteiger partial charge is 0.237 e. The Balaban J connectivity index is 4.01. The molecule has 102 valence electrons. The number of carbonyl (C=O) groups is 1. The first-order valence-corrected chi connectivity index (χ1v) is 6.13. The molecule has 0 saturated heterocycles. The summed E-state index contributed by atoms with van der Waals surface area (Å²) >= 11 is 0. The fraction of sp³-hybridized carbons (Fsp3) is 0.917. The van der Waals surface area contributed by atoms with Crippen LogP contribution in [-0.4, -0.2) is 49.2 Å². The fourth-order valence-corrected chi connectivity index (χ4v) is 1.61. The van der Waals surface area contributed by atoms with Gasteiger partial charge in [0.2, 0.25) is 5.91 Å². The zero-order valence-electron chi connectivity index (χ0n) is 11.5. The van der Waals surface area contributed by atoms with Crippen LogP contribution in [0.3, 0.4) is 0 Å². The monoisotopic (exact) mass is 245 g/mol. The summed E-state index contributed by atoms with van der Waals surface area (Å²) in [6, 6.07) is 0.461. The molecule has 0 radical (unpaired) electrons. The molecule has 0 aromatic heterocycles. The third-order valence-electron chi connectivity index (χ3n) is 3.02. The van der Waals surface area contributed by atoms with Crippen LogP contribution < -0.4 is 11.5 Å². The maximum atomic E-state index is 11.1. The molecule has 0 aliphatic carbocycles. The molecule has 0 aliphatic rings. The van der Waals surface area contributed by atoms with Gasteiger partial charge in [-0.15, -0.1) is 0 Å². The van der Waals surface area contributed by atoms with E-state index in [2.05, 4.69) is 18.7 Å². The summed E-state index contributed by atoms with van der Waals surface area (Å²) in [5.41, 5.74) is 10.1. The molecular formula is C12H27N3O2. The predicted octanol–water partition coefficient (Wildman–Crippen LogP) is 0.326. The van der Waals surface area contributed by atoms with E-state index in [-0.39, 0.29) is 0 Å². The number of primary amides is 1. The van der Waals surface area contributed by atoms with Gasteiger partial charge >= 0.3 is 0 Å². The summed E-state index contributed by atoms with van der Waals surface area (Å²) in [5, 5.41) is 0. The van der Waals surface area contributed by atoms with Crippen LogP contribution in [0.2, 0.25) is 0 Å². The van der Waals surface area contributed by atoms with E-state index in [9.17, 15) is 4.79 Å². The number of ether oxygens (including phenoxy) is 1. The average Bonchev–Trinajstić information content (AvgIpc) is 2.22. The van der Waals surface area contributed by atoms with E-state index in [0.717, 1.165) is 19.5 Å². The summed E-state index contributed by atoms with van der Waals surface area (Å²) in [4.78, 5) is 13.4. The number of hydrogen-bond donors (Lipinski definition) is 2. The molecule has 4 N–H and O–H groups in total. The van der Waals surface area contributed by atoms with Gasteiger partial charge in [0.05, 0.1) is 12.1 Å². The van der Waals surface area contributed by atoms with E-state index in [1.807, 2.05) is 0 Å². The van der Waals surface area contributed by atoms with Crippen LogP contribution >= 0.6 is 0 Å². The molecule has 1 atom stereocenters. The maximum Gasteiger partial charge on any atom is 0.237 e. The third kappa shape index (κ3) is 6.61. The molecule has 1 amide bonds. The van der Waals surface area contributed by atoms with Gasteiger partial charge in [-0.1, -0.05) is 0 Å². The fourth-order valence-electron chi connectivity index (χ4n) is 1.61. The molecule has 1 unspecified atom stereocenters. The van der Waals surface area contributed by atoms with Crippen molar-refractivity contribution in [2.45, 2.75) is 45.2 Å². The second-order valence-corrected chi connectivity index (χ2v) is 5.01. The zero-order valence-corrected chi connectivity index (χ0v) is 11.5. The van der Waals surface area contributed by atoms with E-state index < -0.39 is 11.4 Å². The van der Waals surface area contributed by atoms with E-state index in [4.69, 9.17) is 16.2 Å². The van der Waals surface area contributed by atoms with Gasteiger partial charge in [-0.05, 0) is 40.2 Å². The minimum atomic E-state index is -0.899. The Hall–Kier alpha value is -0.650. The van der Waals surface area contributed by atoms with Crippen molar-refractivity contribution in [2.75, 3.05) is 26.8 Å². The molecule has 0 aromatic carbocycles. The second kappa shape index (κ2) is 7.63. The zero-order chi connectivity index (χ0) is 13.5. The Kier molecular flexibility index (Phi) is 7.34. The highest BCUT2D eigenvalue weighted by Crippen LogP contribution is 2.10. The Bertz CT molecular complexity index is 230. The van der Waals surface area contributed by atoms with Crippen molar-refractivity contribution in [1.29, 1.82) is 0 Å². The normalized spacial score (nSPS) is 15.2. The van der Waals surface area contributed by atoms with E-state index in [1.165, 1.54) is 0 Å².